The average Bonchev–Trinajstić information content (AvgIpc) is 2.75. The van der Waals surface area contributed by atoms with E-state index < -0.39 is 0 Å². The van der Waals surface area contributed by atoms with Crippen LogP contribution in [0.25, 0.3) is 0 Å². The summed E-state index contributed by atoms with van der Waals surface area (Å²) in [5.41, 5.74) is 4.36. The van der Waals surface area contributed by atoms with Crippen LogP contribution < -0.4 is 5.32 Å². The summed E-state index contributed by atoms with van der Waals surface area (Å²) in [6, 6.07) is 0. The normalized spacial score (nSPS) is 19.0. The van der Waals surface area contributed by atoms with Gasteiger partial charge >= 0.3 is 0 Å². The molecule has 1 aliphatic rings. The fraction of sp³-hybridized carbons (Fsp3) is 0.632. The van der Waals surface area contributed by atoms with Crippen molar-refractivity contribution in [3.05, 3.63) is 36.3 Å². The van der Waals surface area contributed by atoms with Gasteiger partial charge in [0.25, 0.3) is 0 Å². The smallest absolute Gasteiger partial charge is 0.204 e. The molecule has 0 amide bonds. The number of H-pyrrole nitrogens is 1. The molecule has 1 saturated carbocycles. The van der Waals surface area contributed by atoms with Crippen LogP contribution in [0.1, 0.15) is 60.1 Å². The molecule has 0 aromatic carbocycles. The predicted octanol–water partition coefficient (Wildman–Crippen LogP) is 5.69. The number of allylic oxidation sites excluding steroid dienone is 2. The number of imidazole rings is 1. The van der Waals surface area contributed by atoms with Crippen LogP contribution in [-0.2, 0) is 0 Å². The Labute approximate surface area is 136 Å². The fourth-order valence-corrected chi connectivity index (χ4v) is 2.65. The highest BCUT2D eigenvalue weighted by molar-refractivity contribution is 5.32. The summed E-state index contributed by atoms with van der Waals surface area (Å²) in [6.45, 7) is 23.3. The van der Waals surface area contributed by atoms with Gasteiger partial charge in [0.15, 0.2) is 0 Å². The fourth-order valence-electron chi connectivity index (χ4n) is 2.65. The van der Waals surface area contributed by atoms with Gasteiger partial charge in [-0.1, -0.05) is 53.3 Å². The van der Waals surface area contributed by atoms with E-state index in [1.165, 1.54) is 18.4 Å². The first-order valence-electron chi connectivity index (χ1n) is 8.02. The number of aryl methyl sites for hydroxylation is 1. The van der Waals surface area contributed by atoms with Gasteiger partial charge in [-0.15, -0.1) is 0 Å². The van der Waals surface area contributed by atoms with Crippen LogP contribution in [0, 0.1) is 23.7 Å². The molecule has 2 N–H and O–H groups in total. The minimum absolute atomic E-state index is 0.412. The van der Waals surface area contributed by atoms with Gasteiger partial charge in [-0.2, -0.15) is 0 Å². The topological polar surface area (TPSA) is 40.7 Å². The molecule has 0 radical (unpaired) electrons. The zero-order valence-corrected chi connectivity index (χ0v) is 15.4. The van der Waals surface area contributed by atoms with Crippen LogP contribution in [-0.4, -0.2) is 9.97 Å². The van der Waals surface area contributed by atoms with Crippen LogP contribution in [0.2, 0.25) is 0 Å². The first kappa shape index (κ1) is 18.5. The summed E-state index contributed by atoms with van der Waals surface area (Å²) < 4.78 is 0. The molecule has 0 unspecified atom stereocenters. The van der Waals surface area contributed by atoms with Crippen LogP contribution in [0.3, 0.4) is 0 Å². The van der Waals surface area contributed by atoms with Crippen molar-refractivity contribution in [1.29, 1.82) is 0 Å². The minimum Gasteiger partial charge on any atom is -0.330 e. The van der Waals surface area contributed by atoms with Crippen LogP contribution in [0.15, 0.2) is 30.6 Å². The Morgan fingerprint density at radius 3 is 2.27 bits per heavy atom. The number of hydrogen-bond acceptors (Lipinski definition) is 2. The second kappa shape index (κ2) is 6.72. The molecular formula is C19H33N3. The molecule has 1 aromatic rings. The number of nitrogens with zero attached hydrogens (tertiary/aromatic N) is 1. The molecule has 2 rings (SSSR count). The van der Waals surface area contributed by atoms with E-state index in [9.17, 15) is 0 Å². The molecule has 1 aromatic heterocycles. The van der Waals surface area contributed by atoms with E-state index in [4.69, 9.17) is 0 Å². The SMILES string of the molecule is C=C(C)Nc1ncc(C)[nH]1.C=C(CC(C)(C)C)[C@@H]1CC1(C)C. The summed E-state index contributed by atoms with van der Waals surface area (Å²) in [4.78, 5) is 7.05. The minimum atomic E-state index is 0.412. The van der Waals surface area contributed by atoms with E-state index in [2.05, 4.69) is 63.1 Å². The Kier molecular flexibility index (Phi) is 5.66. The third kappa shape index (κ3) is 6.50. The number of anilines is 1. The molecule has 3 nitrogen and oxygen atoms in total. The van der Waals surface area contributed by atoms with Crippen LogP contribution in [0.5, 0.6) is 0 Å². The number of aromatic nitrogens is 2. The van der Waals surface area contributed by atoms with E-state index in [1.54, 1.807) is 6.20 Å². The van der Waals surface area contributed by atoms with Crippen molar-refractivity contribution in [2.75, 3.05) is 5.32 Å². The number of rotatable bonds is 4. The van der Waals surface area contributed by atoms with Gasteiger partial charge in [-0.05, 0) is 43.4 Å². The molecule has 124 valence electrons. The van der Waals surface area contributed by atoms with Crippen molar-refractivity contribution in [2.45, 2.75) is 61.3 Å². The monoisotopic (exact) mass is 303 g/mol. The first-order valence-corrected chi connectivity index (χ1v) is 8.02. The highest BCUT2D eigenvalue weighted by Gasteiger charge is 2.47. The van der Waals surface area contributed by atoms with Crippen molar-refractivity contribution in [3.63, 3.8) is 0 Å². The van der Waals surface area contributed by atoms with Crippen LogP contribution >= 0.6 is 0 Å². The summed E-state index contributed by atoms with van der Waals surface area (Å²) in [5, 5.41) is 2.96. The Hall–Kier alpha value is -1.51. The zero-order chi connectivity index (χ0) is 17.1. The Morgan fingerprint density at radius 1 is 1.41 bits per heavy atom. The molecule has 0 bridgehead atoms. The molecule has 22 heavy (non-hydrogen) atoms. The summed E-state index contributed by atoms with van der Waals surface area (Å²) in [6.07, 6.45) is 4.30. The van der Waals surface area contributed by atoms with Gasteiger partial charge in [0, 0.05) is 17.6 Å². The van der Waals surface area contributed by atoms with Crippen molar-refractivity contribution in [2.24, 2.45) is 16.7 Å². The van der Waals surface area contributed by atoms with Crippen molar-refractivity contribution >= 4 is 5.95 Å². The molecule has 0 aliphatic heterocycles. The van der Waals surface area contributed by atoms with Gasteiger partial charge in [0.1, 0.15) is 0 Å². The maximum Gasteiger partial charge on any atom is 0.204 e. The molecule has 1 aliphatic carbocycles. The highest BCUT2D eigenvalue weighted by atomic mass is 15.1. The van der Waals surface area contributed by atoms with Gasteiger partial charge in [0.05, 0.1) is 0 Å². The Bertz CT molecular complexity index is 529. The zero-order valence-electron chi connectivity index (χ0n) is 15.4. The molecule has 3 heteroatoms. The van der Waals surface area contributed by atoms with Crippen molar-refractivity contribution < 1.29 is 0 Å². The van der Waals surface area contributed by atoms with Crippen molar-refractivity contribution in [3.8, 4) is 0 Å². The maximum absolute atomic E-state index is 4.20. The lowest BCUT2D eigenvalue weighted by Gasteiger charge is -2.20. The second-order valence-electron chi connectivity index (χ2n) is 8.46. The number of hydrogen-bond donors (Lipinski definition) is 2. The Morgan fingerprint density at radius 2 is 1.95 bits per heavy atom. The van der Waals surface area contributed by atoms with E-state index in [0.29, 0.717) is 10.8 Å². The van der Waals surface area contributed by atoms with E-state index >= 15 is 0 Å². The van der Waals surface area contributed by atoms with E-state index in [1.807, 2.05) is 13.8 Å². The highest BCUT2D eigenvalue weighted by Crippen LogP contribution is 2.56. The van der Waals surface area contributed by atoms with E-state index in [-0.39, 0.29) is 0 Å². The molecular weight excluding hydrogens is 270 g/mol. The van der Waals surface area contributed by atoms with Gasteiger partial charge < -0.3 is 10.3 Å². The standard InChI is InChI=1S/C12H22.C7H11N3/c1-9(7-11(2,3)4)10-8-12(10,5)6;1-5(2)9-7-8-4-6(3)10-7/h10H,1,7-8H2,2-6H3;4H,1H2,2-3H3,(H2,8,9,10)/t10-;/m0./s1. The predicted molar refractivity (Wildman–Crippen MR) is 96.9 cm³/mol. The quantitative estimate of drug-likeness (QED) is 0.702. The average molecular weight is 303 g/mol. The lowest BCUT2D eigenvalue weighted by molar-refractivity contribution is 0.396. The van der Waals surface area contributed by atoms with Crippen molar-refractivity contribution in [1.82, 2.24) is 9.97 Å². The Balaban J connectivity index is 0.000000224. The lowest BCUT2D eigenvalue weighted by Crippen LogP contribution is -2.08. The van der Waals surface area contributed by atoms with Gasteiger partial charge in [0.2, 0.25) is 5.95 Å². The molecule has 1 atom stereocenters. The summed E-state index contributed by atoms with van der Waals surface area (Å²) >= 11 is 0. The first-order chi connectivity index (χ1) is 9.90. The number of nitrogens with one attached hydrogen (secondary N) is 2. The largest absolute Gasteiger partial charge is 0.330 e. The van der Waals surface area contributed by atoms with Crippen LogP contribution in [0.4, 0.5) is 5.95 Å². The van der Waals surface area contributed by atoms with Gasteiger partial charge in [-0.25, -0.2) is 4.98 Å². The molecule has 1 fully saturated rings. The summed E-state index contributed by atoms with van der Waals surface area (Å²) in [7, 11) is 0. The molecule has 0 spiro atoms. The lowest BCUT2D eigenvalue weighted by atomic mass is 9.85. The second-order valence-corrected chi connectivity index (χ2v) is 8.46. The third-order valence-corrected chi connectivity index (χ3v) is 3.80. The number of aromatic amines is 1. The van der Waals surface area contributed by atoms with Gasteiger partial charge in [-0.3, -0.25) is 0 Å². The molecule has 1 heterocycles. The third-order valence-electron chi connectivity index (χ3n) is 3.80. The summed E-state index contributed by atoms with van der Waals surface area (Å²) in [5.74, 6) is 1.56. The maximum atomic E-state index is 4.20. The molecule has 0 saturated heterocycles. The van der Waals surface area contributed by atoms with E-state index in [0.717, 1.165) is 23.3 Å².